The summed E-state index contributed by atoms with van der Waals surface area (Å²) >= 11 is 0. The summed E-state index contributed by atoms with van der Waals surface area (Å²) in [6, 6.07) is 5.73. The Bertz CT molecular complexity index is 292. The molecule has 14 heavy (non-hydrogen) atoms. The molecule has 0 radical (unpaired) electrons. The lowest BCUT2D eigenvalue weighted by Gasteiger charge is -2.20. The van der Waals surface area contributed by atoms with Crippen molar-refractivity contribution in [3.8, 4) is 5.88 Å². The van der Waals surface area contributed by atoms with Crippen LogP contribution in [0.3, 0.4) is 0 Å². The van der Waals surface area contributed by atoms with Gasteiger partial charge < -0.3 is 10.1 Å². The Morgan fingerprint density at radius 3 is 2.64 bits per heavy atom. The number of aromatic nitrogens is 1. The van der Waals surface area contributed by atoms with Gasteiger partial charge >= 0.3 is 0 Å². The predicted octanol–water partition coefficient (Wildman–Crippen LogP) is 2.69. The third-order valence-electron chi connectivity index (χ3n) is 1.49. The molecule has 0 aliphatic heterocycles. The van der Waals surface area contributed by atoms with Gasteiger partial charge in [0.05, 0.1) is 0 Å². The van der Waals surface area contributed by atoms with E-state index in [-0.39, 0.29) is 5.60 Å². The molecule has 3 heteroatoms. The molecule has 0 aliphatic rings. The van der Waals surface area contributed by atoms with Crippen LogP contribution in [0.2, 0.25) is 0 Å². The number of nitrogens with zero attached hydrogens (tertiary/aromatic N) is 1. The summed E-state index contributed by atoms with van der Waals surface area (Å²) in [7, 11) is 0. The van der Waals surface area contributed by atoms with Crippen LogP contribution in [-0.4, -0.2) is 17.1 Å². The fourth-order valence-corrected chi connectivity index (χ4v) is 1.06. The average molecular weight is 194 g/mol. The highest BCUT2D eigenvalue weighted by Crippen LogP contribution is 2.17. The summed E-state index contributed by atoms with van der Waals surface area (Å²) in [6.45, 7) is 8.93. The Balaban J connectivity index is 2.73. The van der Waals surface area contributed by atoms with E-state index in [1.807, 2.05) is 45.9 Å². The molecular weight excluding hydrogens is 176 g/mol. The van der Waals surface area contributed by atoms with Crippen LogP contribution >= 0.6 is 0 Å². The number of anilines is 1. The van der Waals surface area contributed by atoms with Crippen molar-refractivity contribution in [1.82, 2.24) is 4.98 Å². The second kappa shape index (κ2) is 4.31. The van der Waals surface area contributed by atoms with E-state index in [1.165, 1.54) is 0 Å². The fourth-order valence-electron chi connectivity index (χ4n) is 1.06. The van der Waals surface area contributed by atoms with Crippen LogP contribution in [0, 0.1) is 0 Å². The van der Waals surface area contributed by atoms with E-state index in [2.05, 4.69) is 10.3 Å². The van der Waals surface area contributed by atoms with Crippen LogP contribution in [0.4, 0.5) is 5.82 Å². The van der Waals surface area contributed by atoms with Crippen LogP contribution in [-0.2, 0) is 0 Å². The van der Waals surface area contributed by atoms with Crippen LogP contribution in [0.25, 0.3) is 0 Å². The molecule has 0 fully saturated rings. The molecule has 1 aromatic heterocycles. The second-order valence-corrected chi connectivity index (χ2v) is 4.11. The van der Waals surface area contributed by atoms with Crippen molar-refractivity contribution in [2.45, 2.75) is 33.3 Å². The maximum Gasteiger partial charge on any atom is 0.215 e. The number of ether oxygens (including phenoxy) is 1. The monoisotopic (exact) mass is 194 g/mol. The SMILES string of the molecule is CCNc1cccc(OC(C)(C)C)n1. The molecule has 1 heterocycles. The molecule has 0 aliphatic carbocycles. The maximum atomic E-state index is 5.64. The molecular formula is C11H18N2O. The summed E-state index contributed by atoms with van der Waals surface area (Å²) in [5.74, 6) is 1.52. The third-order valence-corrected chi connectivity index (χ3v) is 1.49. The van der Waals surface area contributed by atoms with Gasteiger partial charge in [0.25, 0.3) is 0 Å². The van der Waals surface area contributed by atoms with Crippen molar-refractivity contribution in [2.24, 2.45) is 0 Å². The lowest BCUT2D eigenvalue weighted by atomic mass is 10.2. The molecule has 1 aromatic rings. The van der Waals surface area contributed by atoms with Gasteiger partial charge in [-0.1, -0.05) is 6.07 Å². The standard InChI is InChI=1S/C11H18N2O/c1-5-12-9-7-6-8-10(13-9)14-11(2,3)4/h6-8H,5H2,1-4H3,(H,12,13). The highest BCUT2D eigenvalue weighted by Gasteiger charge is 2.12. The largest absolute Gasteiger partial charge is 0.472 e. The zero-order valence-corrected chi connectivity index (χ0v) is 9.29. The van der Waals surface area contributed by atoms with Gasteiger partial charge in [-0.15, -0.1) is 0 Å². The maximum absolute atomic E-state index is 5.64. The van der Waals surface area contributed by atoms with E-state index in [4.69, 9.17) is 4.74 Å². The molecule has 0 saturated carbocycles. The summed E-state index contributed by atoms with van der Waals surface area (Å²) in [5.41, 5.74) is -0.197. The second-order valence-electron chi connectivity index (χ2n) is 4.11. The van der Waals surface area contributed by atoms with E-state index in [0.29, 0.717) is 5.88 Å². The highest BCUT2D eigenvalue weighted by atomic mass is 16.5. The van der Waals surface area contributed by atoms with E-state index >= 15 is 0 Å². The zero-order valence-electron chi connectivity index (χ0n) is 9.29. The molecule has 0 atom stereocenters. The van der Waals surface area contributed by atoms with Crippen molar-refractivity contribution in [1.29, 1.82) is 0 Å². The average Bonchev–Trinajstić information content (AvgIpc) is 2.02. The minimum Gasteiger partial charge on any atom is -0.472 e. The lowest BCUT2D eigenvalue weighted by Crippen LogP contribution is -2.23. The molecule has 1 N–H and O–H groups in total. The molecule has 1 rings (SSSR count). The van der Waals surface area contributed by atoms with Crippen LogP contribution in [0.15, 0.2) is 18.2 Å². The minimum atomic E-state index is -0.197. The van der Waals surface area contributed by atoms with Gasteiger partial charge in [0, 0.05) is 12.6 Å². The molecule has 0 saturated heterocycles. The summed E-state index contributed by atoms with van der Waals surface area (Å²) in [4.78, 5) is 4.31. The summed E-state index contributed by atoms with van der Waals surface area (Å²) < 4.78 is 5.64. The predicted molar refractivity (Wildman–Crippen MR) is 58.8 cm³/mol. The van der Waals surface area contributed by atoms with Gasteiger partial charge in [-0.3, -0.25) is 0 Å². The first-order chi connectivity index (χ1) is 6.51. The number of hydrogen-bond acceptors (Lipinski definition) is 3. The third kappa shape index (κ3) is 3.64. The Kier molecular flexibility index (Phi) is 3.33. The number of hydrogen-bond donors (Lipinski definition) is 1. The van der Waals surface area contributed by atoms with E-state index in [0.717, 1.165) is 12.4 Å². The molecule has 0 aromatic carbocycles. The molecule has 78 valence electrons. The Labute approximate surface area is 85.5 Å². The topological polar surface area (TPSA) is 34.1 Å². The van der Waals surface area contributed by atoms with E-state index < -0.39 is 0 Å². The normalized spacial score (nSPS) is 11.1. The van der Waals surface area contributed by atoms with Crippen molar-refractivity contribution < 1.29 is 4.74 Å². The van der Waals surface area contributed by atoms with Gasteiger partial charge in [0.1, 0.15) is 11.4 Å². The summed E-state index contributed by atoms with van der Waals surface area (Å²) in [5, 5.41) is 3.14. The molecule has 0 bridgehead atoms. The quantitative estimate of drug-likeness (QED) is 0.803. The fraction of sp³-hybridized carbons (Fsp3) is 0.545. The minimum absolute atomic E-state index is 0.197. The number of nitrogens with one attached hydrogen (secondary N) is 1. The van der Waals surface area contributed by atoms with Gasteiger partial charge in [0.2, 0.25) is 5.88 Å². The molecule has 0 unspecified atom stereocenters. The Morgan fingerprint density at radius 1 is 1.36 bits per heavy atom. The number of pyridine rings is 1. The van der Waals surface area contributed by atoms with Gasteiger partial charge in [-0.2, -0.15) is 4.98 Å². The van der Waals surface area contributed by atoms with Crippen LogP contribution in [0.1, 0.15) is 27.7 Å². The Morgan fingerprint density at radius 2 is 2.07 bits per heavy atom. The van der Waals surface area contributed by atoms with Crippen molar-refractivity contribution in [3.63, 3.8) is 0 Å². The van der Waals surface area contributed by atoms with Crippen molar-refractivity contribution in [2.75, 3.05) is 11.9 Å². The van der Waals surface area contributed by atoms with Gasteiger partial charge in [0.15, 0.2) is 0 Å². The van der Waals surface area contributed by atoms with Gasteiger partial charge in [-0.25, -0.2) is 0 Å². The van der Waals surface area contributed by atoms with Crippen molar-refractivity contribution >= 4 is 5.82 Å². The number of rotatable bonds is 3. The zero-order chi connectivity index (χ0) is 10.6. The lowest BCUT2D eigenvalue weighted by molar-refractivity contribution is 0.124. The summed E-state index contributed by atoms with van der Waals surface area (Å²) in [6.07, 6.45) is 0. The molecule has 0 spiro atoms. The molecule has 3 nitrogen and oxygen atoms in total. The highest BCUT2D eigenvalue weighted by molar-refractivity contribution is 5.36. The first-order valence-corrected chi connectivity index (χ1v) is 4.91. The van der Waals surface area contributed by atoms with E-state index in [1.54, 1.807) is 0 Å². The van der Waals surface area contributed by atoms with Gasteiger partial charge in [-0.05, 0) is 33.8 Å². The van der Waals surface area contributed by atoms with Crippen molar-refractivity contribution in [3.05, 3.63) is 18.2 Å². The molecule has 0 amide bonds. The Hall–Kier alpha value is -1.25. The smallest absolute Gasteiger partial charge is 0.215 e. The first-order valence-electron chi connectivity index (χ1n) is 4.91. The van der Waals surface area contributed by atoms with Crippen LogP contribution < -0.4 is 10.1 Å². The first kappa shape index (κ1) is 10.8. The van der Waals surface area contributed by atoms with Crippen LogP contribution in [0.5, 0.6) is 5.88 Å². The van der Waals surface area contributed by atoms with E-state index in [9.17, 15) is 0 Å².